The second-order valence-corrected chi connectivity index (χ2v) is 6.23. The normalized spacial score (nSPS) is 20.7. The van der Waals surface area contributed by atoms with E-state index in [0.29, 0.717) is 12.3 Å². The number of hydrogen-bond donors (Lipinski definition) is 3. The van der Waals surface area contributed by atoms with Gasteiger partial charge in [-0.2, -0.15) is 11.8 Å². The molecule has 0 bridgehead atoms. The van der Waals surface area contributed by atoms with Gasteiger partial charge in [-0.15, -0.1) is 0 Å². The van der Waals surface area contributed by atoms with Crippen LogP contribution >= 0.6 is 11.8 Å². The van der Waals surface area contributed by atoms with Crippen LogP contribution in [0.15, 0.2) is 0 Å². The van der Waals surface area contributed by atoms with Gasteiger partial charge in [0.05, 0.1) is 5.92 Å². The van der Waals surface area contributed by atoms with Crippen LogP contribution in [0.4, 0.5) is 4.79 Å². The van der Waals surface area contributed by atoms with Gasteiger partial charge < -0.3 is 15.7 Å². The molecule has 5 nitrogen and oxygen atoms in total. The molecule has 0 saturated carbocycles. The molecule has 18 heavy (non-hydrogen) atoms. The Morgan fingerprint density at radius 3 is 2.67 bits per heavy atom. The molecule has 2 unspecified atom stereocenters. The number of urea groups is 1. The Morgan fingerprint density at radius 1 is 1.44 bits per heavy atom. The van der Waals surface area contributed by atoms with Crippen molar-refractivity contribution < 1.29 is 14.7 Å². The zero-order valence-corrected chi connectivity index (χ0v) is 11.8. The predicted molar refractivity (Wildman–Crippen MR) is 72.8 cm³/mol. The number of carboxylic acid groups (broad SMARTS) is 1. The number of amides is 2. The molecule has 2 amide bonds. The molecular formula is C12H22N2O3S. The van der Waals surface area contributed by atoms with Crippen molar-refractivity contribution in [2.45, 2.75) is 32.7 Å². The molecule has 6 heteroatoms. The van der Waals surface area contributed by atoms with E-state index in [1.807, 2.05) is 25.6 Å². The molecule has 3 N–H and O–H groups in total. The topological polar surface area (TPSA) is 78.4 Å². The predicted octanol–water partition coefficient (Wildman–Crippen LogP) is 1.54. The molecule has 104 valence electrons. The Balaban J connectivity index is 2.27. The summed E-state index contributed by atoms with van der Waals surface area (Å²) in [4.78, 5) is 22.6. The molecular weight excluding hydrogens is 252 g/mol. The van der Waals surface area contributed by atoms with Gasteiger partial charge in [0.15, 0.2) is 0 Å². The lowest BCUT2D eigenvalue weighted by Gasteiger charge is -2.17. The second-order valence-electron chi connectivity index (χ2n) is 5.08. The second kappa shape index (κ2) is 7.51. The summed E-state index contributed by atoms with van der Waals surface area (Å²) in [6.07, 6.45) is 1.57. The standard InChI is InChI=1S/C12H22N2O3S/c1-8(2)5-9(11(15)16)6-13-12(17)14-10-3-4-18-7-10/h8-10H,3-7H2,1-2H3,(H,15,16)(H2,13,14,17). The molecule has 1 saturated heterocycles. The van der Waals surface area contributed by atoms with Gasteiger partial charge in [-0.05, 0) is 24.5 Å². The van der Waals surface area contributed by atoms with Crippen molar-refractivity contribution in [3.05, 3.63) is 0 Å². The van der Waals surface area contributed by atoms with Crippen LogP contribution < -0.4 is 10.6 Å². The summed E-state index contributed by atoms with van der Waals surface area (Å²) in [5.41, 5.74) is 0. The Labute approximate surface area is 112 Å². The molecule has 0 radical (unpaired) electrons. The summed E-state index contributed by atoms with van der Waals surface area (Å²) in [6.45, 7) is 4.15. The molecule has 1 rings (SSSR count). The molecule has 2 atom stereocenters. The third-order valence-electron chi connectivity index (χ3n) is 2.88. The fraction of sp³-hybridized carbons (Fsp3) is 0.833. The van der Waals surface area contributed by atoms with Gasteiger partial charge in [0, 0.05) is 18.3 Å². The maximum Gasteiger partial charge on any atom is 0.315 e. The molecule has 0 aliphatic carbocycles. The van der Waals surface area contributed by atoms with E-state index in [1.165, 1.54) is 0 Å². The number of carbonyl (C=O) groups is 2. The number of rotatable bonds is 6. The van der Waals surface area contributed by atoms with E-state index in [2.05, 4.69) is 10.6 Å². The smallest absolute Gasteiger partial charge is 0.315 e. The molecule has 1 aliphatic rings. The lowest BCUT2D eigenvalue weighted by molar-refractivity contribution is -0.142. The molecule has 1 heterocycles. The van der Waals surface area contributed by atoms with Crippen molar-refractivity contribution in [3.63, 3.8) is 0 Å². The van der Waals surface area contributed by atoms with E-state index in [0.717, 1.165) is 17.9 Å². The summed E-state index contributed by atoms with van der Waals surface area (Å²) in [5.74, 6) is 0.981. The lowest BCUT2D eigenvalue weighted by atomic mass is 9.97. The van der Waals surface area contributed by atoms with Gasteiger partial charge in [-0.25, -0.2) is 4.79 Å². The molecule has 0 spiro atoms. The molecule has 0 aromatic carbocycles. The highest BCUT2D eigenvalue weighted by atomic mass is 32.2. The Hall–Kier alpha value is -0.910. The third kappa shape index (κ3) is 5.62. The zero-order valence-electron chi connectivity index (χ0n) is 10.9. The van der Waals surface area contributed by atoms with E-state index in [9.17, 15) is 9.59 Å². The highest BCUT2D eigenvalue weighted by Crippen LogP contribution is 2.16. The van der Waals surface area contributed by atoms with Crippen LogP contribution in [0.5, 0.6) is 0 Å². The monoisotopic (exact) mass is 274 g/mol. The van der Waals surface area contributed by atoms with E-state index < -0.39 is 11.9 Å². The summed E-state index contributed by atoms with van der Waals surface area (Å²) < 4.78 is 0. The Bertz CT molecular complexity index is 291. The largest absolute Gasteiger partial charge is 0.481 e. The third-order valence-corrected chi connectivity index (χ3v) is 4.04. The van der Waals surface area contributed by atoms with Crippen molar-refractivity contribution in [3.8, 4) is 0 Å². The SMILES string of the molecule is CC(C)CC(CNC(=O)NC1CCSC1)C(=O)O. The van der Waals surface area contributed by atoms with Gasteiger partial charge >= 0.3 is 12.0 Å². The van der Waals surface area contributed by atoms with Crippen molar-refractivity contribution in [2.75, 3.05) is 18.1 Å². The van der Waals surface area contributed by atoms with Crippen molar-refractivity contribution in [1.82, 2.24) is 10.6 Å². The molecule has 1 aliphatic heterocycles. The summed E-state index contributed by atoms with van der Waals surface area (Å²) in [5, 5.41) is 14.6. The van der Waals surface area contributed by atoms with Crippen LogP contribution in [-0.4, -0.2) is 41.2 Å². The average molecular weight is 274 g/mol. The summed E-state index contributed by atoms with van der Waals surface area (Å²) >= 11 is 1.83. The number of aliphatic carboxylic acids is 1. The van der Waals surface area contributed by atoms with E-state index >= 15 is 0 Å². The fourth-order valence-corrected chi connectivity index (χ4v) is 3.09. The lowest BCUT2D eigenvalue weighted by Crippen LogP contribution is -2.44. The number of nitrogens with one attached hydrogen (secondary N) is 2. The number of carboxylic acids is 1. The van der Waals surface area contributed by atoms with Crippen LogP contribution in [0.1, 0.15) is 26.7 Å². The van der Waals surface area contributed by atoms with Crippen molar-refractivity contribution >= 4 is 23.8 Å². The van der Waals surface area contributed by atoms with Gasteiger partial charge in [-0.3, -0.25) is 4.79 Å². The van der Waals surface area contributed by atoms with Crippen LogP contribution in [0.2, 0.25) is 0 Å². The van der Waals surface area contributed by atoms with Crippen LogP contribution in [-0.2, 0) is 4.79 Å². The van der Waals surface area contributed by atoms with Crippen LogP contribution in [0, 0.1) is 11.8 Å². The first-order valence-electron chi connectivity index (χ1n) is 6.34. The van der Waals surface area contributed by atoms with Gasteiger partial charge in [0.2, 0.25) is 0 Å². The minimum Gasteiger partial charge on any atom is -0.481 e. The first kappa shape index (κ1) is 15.1. The van der Waals surface area contributed by atoms with E-state index in [1.54, 1.807) is 0 Å². The highest BCUT2D eigenvalue weighted by molar-refractivity contribution is 7.99. The Kier molecular flexibility index (Phi) is 6.32. The van der Waals surface area contributed by atoms with Gasteiger partial charge in [0.1, 0.15) is 0 Å². The van der Waals surface area contributed by atoms with Gasteiger partial charge in [0.25, 0.3) is 0 Å². The number of hydrogen-bond acceptors (Lipinski definition) is 3. The molecule has 0 aromatic rings. The first-order valence-corrected chi connectivity index (χ1v) is 7.49. The molecule has 0 aromatic heterocycles. The minimum absolute atomic E-state index is 0.194. The highest BCUT2D eigenvalue weighted by Gasteiger charge is 2.21. The van der Waals surface area contributed by atoms with Crippen molar-refractivity contribution in [1.29, 1.82) is 0 Å². The minimum atomic E-state index is -0.847. The molecule has 1 fully saturated rings. The van der Waals surface area contributed by atoms with Crippen LogP contribution in [0.3, 0.4) is 0 Å². The Morgan fingerprint density at radius 2 is 2.17 bits per heavy atom. The van der Waals surface area contributed by atoms with Crippen LogP contribution in [0.25, 0.3) is 0 Å². The summed E-state index contributed by atoms with van der Waals surface area (Å²) in [6, 6.07) is -0.0270. The number of carbonyl (C=O) groups excluding carboxylic acids is 1. The average Bonchev–Trinajstić information content (AvgIpc) is 2.76. The quantitative estimate of drug-likeness (QED) is 0.686. The maximum absolute atomic E-state index is 11.6. The van der Waals surface area contributed by atoms with Gasteiger partial charge in [-0.1, -0.05) is 13.8 Å². The zero-order chi connectivity index (χ0) is 13.5. The van der Waals surface area contributed by atoms with Crippen molar-refractivity contribution in [2.24, 2.45) is 11.8 Å². The van der Waals surface area contributed by atoms with E-state index in [-0.39, 0.29) is 18.6 Å². The summed E-state index contributed by atoms with van der Waals surface area (Å²) in [7, 11) is 0. The number of thioether (sulfide) groups is 1. The fourth-order valence-electron chi connectivity index (χ4n) is 1.94. The van der Waals surface area contributed by atoms with E-state index in [4.69, 9.17) is 5.11 Å². The maximum atomic E-state index is 11.6. The first-order chi connectivity index (χ1) is 8.49.